The predicted molar refractivity (Wildman–Crippen MR) is 108 cm³/mol. The first-order chi connectivity index (χ1) is 12.9. The molecular weight excluding hydrogens is 342 g/mol. The molecule has 0 bridgehead atoms. The molecule has 3 heterocycles. The molecule has 0 aromatic carbocycles. The summed E-state index contributed by atoms with van der Waals surface area (Å²) >= 11 is 0. The maximum Gasteiger partial charge on any atom is 0.228 e. The first-order valence-corrected chi connectivity index (χ1v) is 9.08. The van der Waals surface area contributed by atoms with Crippen LogP contribution in [0.3, 0.4) is 0 Å². The van der Waals surface area contributed by atoms with Crippen LogP contribution < -0.4 is 10.2 Å². The molecule has 0 aliphatic rings. The molecule has 27 heavy (non-hydrogen) atoms. The Balaban J connectivity index is 2.11. The highest BCUT2D eigenvalue weighted by Crippen LogP contribution is 2.26. The summed E-state index contributed by atoms with van der Waals surface area (Å²) < 4.78 is 7.27. The molecule has 144 valence electrons. The second-order valence-electron chi connectivity index (χ2n) is 7.03. The molecular formula is C19H27N7O. The first-order valence-electron chi connectivity index (χ1n) is 9.08. The van der Waals surface area contributed by atoms with E-state index in [0.717, 1.165) is 22.4 Å². The van der Waals surface area contributed by atoms with Gasteiger partial charge in [-0.1, -0.05) is 0 Å². The van der Waals surface area contributed by atoms with Crippen LogP contribution in [0.15, 0.2) is 24.5 Å². The van der Waals surface area contributed by atoms with Crippen molar-refractivity contribution in [3.8, 4) is 0 Å². The summed E-state index contributed by atoms with van der Waals surface area (Å²) in [5.41, 5.74) is 2.74. The Labute approximate surface area is 159 Å². The molecule has 8 heteroatoms. The van der Waals surface area contributed by atoms with Crippen molar-refractivity contribution in [3.05, 3.63) is 30.1 Å². The molecule has 1 atom stereocenters. The fourth-order valence-electron chi connectivity index (χ4n) is 2.64. The molecule has 3 aromatic heterocycles. The van der Waals surface area contributed by atoms with Gasteiger partial charge in [-0.3, -0.25) is 4.68 Å². The van der Waals surface area contributed by atoms with Crippen LogP contribution >= 0.6 is 0 Å². The van der Waals surface area contributed by atoms with Gasteiger partial charge < -0.3 is 15.0 Å². The maximum atomic E-state index is 5.40. The molecule has 0 radical (unpaired) electrons. The number of hydrogen-bond acceptors (Lipinski definition) is 7. The van der Waals surface area contributed by atoms with Crippen molar-refractivity contribution in [2.75, 3.05) is 24.4 Å². The molecule has 3 rings (SSSR count). The lowest BCUT2D eigenvalue weighted by molar-refractivity contribution is 0.101. The number of hydrogen-bond donors (Lipinski definition) is 1. The van der Waals surface area contributed by atoms with Crippen LogP contribution in [0.4, 0.5) is 17.6 Å². The van der Waals surface area contributed by atoms with Gasteiger partial charge in [-0.05, 0) is 45.4 Å². The van der Waals surface area contributed by atoms with Gasteiger partial charge in [0.1, 0.15) is 16.9 Å². The SMILES string of the molecule is CO[C@@H](C)Cn1ncc2nc(N(C)C(C)C)nc(Nc3cc(C)ccn3)c21. The highest BCUT2D eigenvalue weighted by molar-refractivity contribution is 5.88. The van der Waals surface area contributed by atoms with Crippen LogP contribution in [0.5, 0.6) is 0 Å². The number of nitrogens with zero attached hydrogens (tertiary/aromatic N) is 6. The van der Waals surface area contributed by atoms with Crippen molar-refractivity contribution >= 4 is 28.6 Å². The van der Waals surface area contributed by atoms with Crippen LogP contribution in [-0.4, -0.2) is 51.0 Å². The molecule has 1 N–H and O–H groups in total. The zero-order chi connectivity index (χ0) is 19.6. The molecule has 0 aliphatic heterocycles. The van der Waals surface area contributed by atoms with Crippen LogP contribution in [0.2, 0.25) is 0 Å². The quantitative estimate of drug-likeness (QED) is 0.685. The Kier molecular flexibility index (Phi) is 5.55. The number of aryl methyl sites for hydroxylation is 1. The van der Waals surface area contributed by atoms with E-state index in [1.165, 1.54) is 0 Å². The van der Waals surface area contributed by atoms with E-state index in [2.05, 4.69) is 29.2 Å². The Morgan fingerprint density at radius 1 is 1.26 bits per heavy atom. The third kappa shape index (κ3) is 4.16. The number of fused-ring (bicyclic) bond motifs is 1. The van der Waals surface area contributed by atoms with Gasteiger partial charge in [-0.15, -0.1) is 0 Å². The Bertz CT molecular complexity index is 922. The van der Waals surface area contributed by atoms with E-state index < -0.39 is 0 Å². The Morgan fingerprint density at radius 2 is 2.04 bits per heavy atom. The molecule has 0 spiro atoms. The zero-order valence-electron chi connectivity index (χ0n) is 16.8. The average Bonchev–Trinajstić information content (AvgIpc) is 3.03. The summed E-state index contributed by atoms with van der Waals surface area (Å²) in [5, 5.41) is 7.85. The van der Waals surface area contributed by atoms with Gasteiger partial charge in [0.15, 0.2) is 5.82 Å². The molecule has 0 saturated carbocycles. The van der Waals surface area contributed by atoms with Crippen LogP contribution in [0.25, 0.3) is 11.0 Å². The minimum Gasteiger partial charge on any atom is -0.380 e. The molecule has 0 amide bonds. The minimum atomic E-state index is 0.0241. The maximum absolute atomic E-state index is 5.40. The van der Waals surface area contributed by atoms with Gasteiger partial charge in [-0.2, -0.15) is 10.1 Å². The minimum absolute atomic E-state index is 0.0241. The van der Waals surface area contributed by atoms with Crippen molar-refractivity contribution in [3.63, 3.8) is 0 Å². The van der Waals surface area contributed by atoms with Gasteiger partial charge in [0.25, 0.3) is 0 Å². The largest absolute Gasteiger partial charge is 0.380 e. The zero-order valence-corrected chi connectivity index (χ0v) is 16.8. The molecule has 0 fully saturated rings. The number of anilines is 3. The third-order valence-electron chi connectivity index (χ3n) is 4.56. The lowest BCUT2D eigenvalue weighted by atomic mass is 10.3. The predicted octanol–water partition coefficient (Wildman–Crippen LogP) is 3.15. The number of ether oxygens (including phenoxy) is 1. The van der Waals surface area contributed by atoms with E-state index >= 15 is 0 Å². The Morgan fingerprint density at radius 3 is 2.70 bits per heavy atom. The van der Waals surface area contributed by atoms with Crippen LogP contribution in [0.1, 0.15) is 26.3 Å². The number of nitrogens with one attached hydrogen (secondary N) is 1. The summed E-state index contributed by atoms with van der Waals surface area (Å²) in [5.74, 6) is 2.06. The average molecular weight is 369 g/mol. The summed E-state index contributed by atoms with van der Waals surface area (Å²) in [6.45, 7) is 8.85. The molecule has 8 nitrogen and oxygen atoms in total. The standard InChI is InChI=1S/C19H27N7O/c1-12(2)25(5)19-22-15-10-21-26(11-14(4)27-6)17(15)18(24-19)23-16-9-13(3)7-8-20-16/h7-10,12,14H,11H2,1-6H3,(H,20,22,23,24)/t14-/m0/s1. The second kappa shape index (κ2) is 7.87. The van der Waals surface area contributed by atoms with Crippen molar-refractivity contribution in [2.24, 2.45) is 0 Å². The van der Waals surface area contributed by atoms with Crippen molar-refractivity contribution in [1.29, 1.82) is 0 Å². The van der Waals surface area contributed by atoms with Crippen molar-refractivity contribution < 1.29 is 4.74 Å². The second-order valence-corrected chi connectivity index (χ2v) is 7.03. The highest BCUT2D eigenvalue weighted by Gasteiger charge is 2.18. The van der Waals surface area contributed by atoms with Gasteiger partial charge in [0, 0.05) is 26.4 Å². The molecule has 0 saturated heterocycles. The Hall–Kier alpha value is -2.74. The van der Waals surface area contributed by atoms with E-state index in [0.29, 0.717) is 18.3 Å². The van der Waals surface area contributed by atoms with Crippen molar-refractivity contribution in [2.45, 2.75) is 46.4 Å². The summed E-state index contributed by atoms with van der Waals surface area (Å²) in [6.07, 6.45) is 3.57. The number of methoxy groups -OCH3 is 1. The first kappa shape index (κ1) is 19.0. The van der Waals surface area contributed by atoms with Crippen molar-refractivity contribution in [1.82, 2.24) is 24.7 Å². The number of pyridine rings is 1. The van der Waals surface area contributed by atoms with Crippen LogP contribution in [0, 0.1) is 6.92 Å². The lowest BCUT2D eigenvalue weighted by Crippen LogP contribution is -2.27. The number of aromatic nitrogens is 5. The fourth-order valence-corrected chi connectivity index (χ4v) is 2.64. The van der Waals surface area contributed by atoms with Gasteiger partial charge >= 0.3 is 0 Å². The van der Waals surface area contributed by atoms with E-state index in [9.17, 15) is 0 Å². The third-order valence-corrected chi connectivity index (χ3v) is 4.56. The molecule has 0 aliphatic carbocycles. The topological polar surface area (TPSA) is 81.0 Å². The summed E-state index contributed by atoms with van der Waals surface area (Å²) in [7, 11) is 3.68. The molecule has 3 aromatic rings. The number of rotatable bonds is 7. The smallest absolute Gasteiger partial charge is 0.228 e. The normalized spacial score (nSPS) is 12.6. The molecule has 0 unspecified atom stereocenters. The van der Waals surface area contributed by atoms with Gasteiger partial charge in [0.05, 0.1) is 18.8 Å². The van der Waals surface area contributed by atoms with Crippen LogP contribution in [-0.2, 0) is 11.3 Å². The van der Waals surface area contributed by atoms with E-state index in [1.807, 2.05) is 42.6 Å². The van der Waals surface area contributed by atoms with E-state index in [4.69, 9.17) is 14.7 Å². The lowest BCUT2D eigenvalue weighted by Gasteiger charge is -2.22. The summed E-state index contributed by atoms with van der Waals surface area (Å²) in [4.78, 5) is 15.9. The van der Waals surface area contributed by atoms with Gasteiger partial charge in [-0.25, -0.2) is 9.97 Å². The van der Waals surface area contributed by atoms with E-state index in [-0.39, 0.29) is 12.1 Å². The monoisotopic (exact) mass is 369 g/mol. The fraction of sp³-hybridized carbons (Fsp3) is 0.474. The summed E-state index contributed by atoms with van der Waals surface area (Å²) in [6, 6.07) is 4.22. The van der Waals surface area contributed by atoms with E-state index in [1.54, 1.807) is 19.5 Å². The van der Waals surface area contributed by atoms with Gasteiger partial charge in [0.2, 0.25) is 5.95 Å². The highest BCUT2D eigenvalue weighted by atomic mass is 16.5.